The van der Waals surface area contributed by atoms with E-state index in [2.05, 4.69) is 26.3 Å². The van der Waals surface area contributed by atoms with Gasteiger partial charge in [0, 0.05) is 50.0 Å². The Morgan fingerprint density at radius 2 is 1.88 bits per heavy atom. The molecule has 2 amide bonds. The minimum absolute atomic E-state index is 0.00277. The highest BCUT2D eigenvalue weighted by Gasteiger charge is 2.43. The van der Waals surface area contributed by atoms with Gasteiger partial charge < -0.3 is 10.2 Å². The second kappa shape index (κ2) is 10.3. The molecule has 4 rings (SSSR count). The Morgan fingerprint density at radius 3 is 2.64 bits per heavy atom. The van der Waals surface area contributed by atoms with Crippen LogP contribution in [0.15, 0.2) is 67.5 Å². The molecule has 0 unspecified atom stereocenters. The molecule has 33 heavy (non-hydrogen) atoms. The minimum Gasteiger partial charge on any atom is -0.356 e. The maximum absolute atomic E-state index is 13.4. The Labute approximate surface area is 194 Å². The summed E-state index contributed by atoms with van der Waals surface area (Å²) in [5, 5.41) is 3.03. The number of pyridine rings is 1. The summed E-state index contributed by atoms with van der Waals surface area (Å²) in [5.74, 6) is 0.0316. The van der Waals surface area contributed by atoms with Gasteiger partial charge in [0.2, 0.25) is 11.8 Å². The summed E-state index contributed by atoms with van der Waals surface area (Å²) in [5.41, 5.74) is 3.18. The molecule has 1 atom stereocenters. The third-order valence-electron chi connectivity index (χ3n) is 6.24. The van der Waals surface area contributed by atoms with Gasteiger partial charge in [-0.1, -0.05) is 30.3 Å². The molecule has 170 valence electrons. The van der Waals surface area contributed by atoms with Crippen molar-refractivity contribution < 1.29 is 9.59 Å². The van der Waals surface area contributed by atoms with Crippen LogP contribution in [-0.2, 0) is 22.4 Å². The van der Waals surface area contributed by atoms with Gasteiger partial charge in [-0.05, 0) is 48.9 Å². The zero-order valence-electron chi connectivity index (χ0n) is 18.9. The summed E-state index contributed by atoms with van der Waals surface area (Å²) in [7, 11) is 0. The first-order chi connectivity index (χ1) is 16.1. The average molecular weight is 444 g/mol. The van der Waals surface area contributed by atoms with Gasteiger partial charge in [-0.2, -0.15) is 0 Å². The van der Waals surface area contributed by atoms with Crippen molar-refractivity contribution in [2.45, 2.75) is 32.6 Å². The van der Waals surface area contributed by atoms with Gasteiger partial charge in [0.15, 0.2) is 0 Å². The van der Waals surface area contributed by atoms with E-state index in [-0.39, 0.29) is 18.2 Å². The van der Waals surface area contributed by atoms with Gasteiger partial charge in [0.25, 0.3) is 0 Å². The van der Waals surface area contributed by atoms with Crippen LogP contribution in [0.1, 0.15) is 30.9 Å². The lowest BCUT2D eigenvalue weighted by Gasteiger charge is -2.42. The van der Waals surface area contributed by atoms with E-state index in [4.69, 9.17) is 0 Å². The van der Waals surface area contributed by atoms with Crippen molar-refractivity contribution in [1.29, 1.82) is 0 Å². The lowest BCUT2D eigenvalue weighted by atomic mass is 9.73. The molecule has 1 aromatic carbocycles. The Hall–Kier alpha value is -3.61. The number of hydrogen-bond acceptors (Lipinski definition) is 5. The van der Waals surface area contributed by atoms with E-state index in [1.54, 1.807) is 24.8 Å². The first kappa shape index (κ1) is 22.6. The molecule has 1 saturated heterocycles. The number of carbonyl (C=O) groups excluding carboxylic acids is 2. The number of piperidine rings is 1. The van der Waals surface area contributed by atoms with Gasteiger partial charge in [0.05, 0.1) is 11.8 Å². The number of likely N-dealkylation sites (tertiary alicyclic amines) is 1. The fourth-order valence-corrected chi connectivity index (χ4v) is 4.65. The van der Waals surface area contributed by atoms with Crippen LogP contribution in [-0.4, -0.2) is 51.3 Å². The lowest BCUT2D eigenvalue weighted by molar-refractivity contribution is -0.141. The lowest BCUT2D eigenvalue weighted by Crippen LogP contribution is -2.54. The van der Waals surface area contributed by atoms with Crippen LogP contribution >= 0.6 is 0 Å². The highest BCUT2D eigenvalue weighted by Crippen LogP contribution is 2.37. The number of nitrogens with zero attached hydrogens (tertiary/aromatic N) is 4. The van der Waals surface area contributed by atoms with Gasteiger partial charge >= 0.3 is 0 Å². The predicted molar refractivity (Wildman–Crippen MR) is 126 cm³/mol. The zero-order chi connectivity index (χ0) is 23.1. The molecule has 1 fully saturated rings. The van der Waals surface area contributed by atoms with Crippen LogP contribution in [0, 0.1) is 5.41 Å². The topological polar surface area (TPSA) is 88.1 Å². The smallest absolute Gasteiger partial charge is 0.228 e. The Kier molecular flexibility index (Phi) is 7.07. The zero-order valence-corrected chi connectivity index (χ0v) is 18.9. The number of benzene rings is 1. The largest absolute Gasteiger partial charge is 0.356 e. The van der Waals surface area contributed by atoms with Gasteiger partial charge in [0.1, 0.15) is 6.33 Å². The summed E-state index contributed by atoms with van der Waals surface area (Å²) >= 11 is 0. The molecular formula is C26H29N5O2. The van der Waals surface area contributed by atoms with Crippen LogP contribution in [0.25, 0.3) is 11.1 Å². The molecule has 0 radical (unpaired) electrons. The van der Waals surface area contributed by atoms with Crippen molar-refractivity contribution in [2.24, 2.45) is 5.41 Å². The number of carbonyl (C=O) groups is 2. The molecule has 7 heteroatoms. The summed E-state index contributed by atoms with van der Waals surface area (Å²) in [4.78, 5) is 40.8. The molecule has 3 aromatic rings. The van der Waals surface area contributed by atoms with Gasteiger partial charge in [-0.3, -0.25) is 14.6 Å². The first-order valence-electron chi connectivity index (χ1n) is 11.4. The Balaban J connectivity index is 1.62. The highest BCUT2D eigenvalue weighted by atomic mass is 16.2. The van der Waals surface area contributed by atoms with Crippen LogP contribution in [0.5, 0.6) is 0 Å². The molecule has 7 nitrogen and oxygen atoms in total. The standard InChI is InChI=1S/C26H29N5O2/c1-2-30-25(33)26(14-21-8-3-4-9-23(21)22-16-28-19-29-17-22)10-6-12-31(18-26)24(32)13-20-7-5-11-27-15-20/h3-5,7-9,11,15-17,19H,2,6,10,12-14,18H2,1H3,(H,30,33)/t26-/m1/s1. The second-order valence-corrected chi connectivity index (χ2v) is 8.56. The van der Waals surface area contributed by atoms with E-state index < -0.39 is 5.41 Å². The normalized spacial score (nSPS) is 18.0. The predicted octanol–water partition coefficient (Wildman–Crippen LogP) is 3.07. The third-order valence-corrected chi connectivity index (χ3v) is 6.24. The summed E-state index contributed by atoms with van der Waals surface area (Å²) < 4.78 is 0. The van der Waals surface area contributed by atoms with Crippen LogP contribution in [0.4, 0.5) is 0 Å². The van der Waals surface area contributed by atoms with Gasteiger partial charge in [-0.15, -0.1) is 0 Å². The fraction of sp³-hybridized carbons (Fsp3) is 0.346. The molecule has 3 heterocycles. The average Bonchev–Trinajstić information content (AvgIpc) is 2.86. The highest BCUT2D eigenvalue weighted by molar-refractivity contribution is 5.86. The van der Waals surface area contributed by atoms with E-state index in [0.29, 0.717) is 26.1 Å². The molecule has 0 saturated carbocycles. The van der Waals surface area contributed by atoms with Crippen molar-refractivity contribution >= 4 is 11.8 Å². The minimum atomic E-state index is -0.690. The maximum atomic E-state index is 13.4. The number of aromatic nitrogens is 3. The Morgan fingerprint density at radius 1 is 1.06 bits per heavy atom. The van der Waals surface area contributed by atoms with E-state index in [1.807, 2.05) is 42.2 Å². The van der Waals surface area contributed by atoms with Crippen molar-refractivity contribution in [3.8, 4) is 11.1 Å². The van der Waals surface area contributed by atoms with E-state index in [9.17, 15) is 9.59 Å². The molecule has 0 spiro atoms. The monoisotopic (exact) mass is 443 g/mol. The SMILES string of the molecule is CCNC(=O)[C@@]1(Cc2ccccc2-c2cncnc2)CCCN(C(=O)Cc2cccnc2)C1. The van der Waals surface area contributed by atoms with Crippen molar-refractivity contribution in [2.75, 3.05) is 19.6 Å². The van der Waals surface area contributed by atoms with Crippen LogP contribution in [0.3, 0.4) is 0 Å². The van der Waals surface area contributed by atoms with Crippen LogP contribution < -0.4 is 5.32 Å². The summed E-state index contributed by atoms with van der Waals surface area (Å²) in [6.45, 7) is 3.54. The second-order valence-electron chi connectivity index (χ2n) is 8.56. The molecule has 0 bridgehead atoms. The number of hydrogen-bond donors (Lipinski definition) is 1. The number of amides is 2. The first-order valence-corrected chi connectivity index (χ1v) is 11.4. The van der Waals surface area contributed by atoms with Gasteiger partial charge in [-0.25, -0.2) is 9.97 Å². The summed E-state index contributed by atoms with van der Waals surface area (Å²) in [6, 6.07) is 11.8. The van der Waals surface area contributed by atoms with Crippen molar-refractivity contribution in [3.63, 3.8) is 0 Å². The van der Waals surface area contributed by atoms with E-state index in [1.165, 1.54) is 6.33 Å². The quantitative estimate of drug-likeness (QED) is 0.606. The number of nitrogens with one attached hydrogen (secondary N) is 1. The maximum Gasteiger partial charge on any atom is 0.228 e. The Bertz CT molecular complexity index is 1090. The molecule has 1 aliphatic rings. The third kappa shape index (κ3) is 5.25. The number of rotatable bonds is 7. The summed E-state index contributed by atoms with van der Waals surface area (Å²) in [6.07, 6.45) is 10.8. The van der Waals surface area contributed by atoms with Crippen molar-refractivity contribution in [1.82, 2.24) is 25.2 Å². The van der Waals surface area contributed by atoms with Crippen LogP contribution in [0.2, 0.25) is 0 Å². The van der Waals surface area contributed by atoms with E-state index >= 15 is 0 Å². The molecule has 1 aliphatic heterocycles. The van der Waals surface area contributed by atoms with E-state index in [0.717, 1.165) is 35.1 Å². The fourth-order valence-electron chi connectivity index (χ4n) is 4.65. The molecule has 2 aromatic heterocycles. The molecule has 1 N–H and O–H groups in total. The van der Waals surface area contributed by atoms with Crippen molar-refractivity contribution in [3.05, 3.63) is 78.6 Å². The molecule has 0 aliphatic carbocycles. The molecular weight excluding hydrogens is 414 g/mol.